The zero-order chi connectivity index (χ0) is 13.7. The highest BCUT2D eigenvalue weighted by Crippen LogP contribution is 2.25. The molecule has 0 radical (unpaired) electrons. The molecular formula is C16H25ClN2. The first kappa shape index (κ1) is 14.8. The van der Waals surface area contributed by atoms with Crippen molar-refractivity contribution in [3.05, 3.63) is 34.3 Å². The molecule has 1 aliphatic rings. The molecule has 1 saturated heterocycles. The molecule has 0 aromatic heterocycles. The fraction of sp³-hybridized carbons (Fsp3) is 0.625. The number of rotatable bonds is 4. The van der Waals surface area contributed by atoms with Crippen LogP contribution in [-0.2, 0) is 13.1 Å². The third-order valence-corrected chi connectivity index (χ3v) is 4.55. The van der Waals surface area contributed by atoms with E-state index in [9.17, 15) is 0 Å². The summed E-state index contributed by atoms with van der Waals surface area (Å²) in [5, 5.41) is 0.863. The van der Waals surface area contributed by atoms with E-state index in [4.69, 9.17) is 17.3 Å². The summed E-state index contributed by atoms with van der Waals surface area (Å²) in [6.45, 7) is 5.03. The molecule has 0 spiro atoms. The van der Waals surface area contributed by atoms with Gasteiger partial charge in [0.05, 0.1) is 0 Å². The van der Waals surface area contributed by atoms with E-state index in [-0.39, 0.29) is 0 Å². The molecule has 19 heavy (non-hydrogen) atoms. The van der Waals surface area contributed by atoms with E-state index < -0.39 is 0 Å². The van der Waals surface area contributed by atoms with Gasteiger partial charge in [-0.2, -0.15) is 0 Å². The first-order chi connectivity index (χ1) is 9.24. The predicted molar refractivity (Wildman–Crippen MR) is 82.3 cm³/mol. The van der Waals surface area contributed by atoms with E-state index in [0.717, 1.165) is 17.1 Å². The fourth-order valence-corrected chi connectivity index (χ4v) is 3.23. The molecule has 0 saturated carbocycles. The number of hydrogen-bond acceptors (Lipinski definition) is 2. The summed E-state index contributed by atoms with van der Waals surface area (Å²) < 4.78 is 0. The monoisotopic (exact) mass is 280 g/mol. The number of nitrogens with two attached hydrogens (primary N) is 1. The minimum Gasteiger partial charge on any atom is -0.326 e. The maximum absolute atomic E-state index is 6.38. The molecule has 2 rings (SSSR count). The summed E-state index contributed by atoms with van der Waals surface area (Å²) in [5.41, 5.74) is 7.99. The molecule has 1 atom stereocenters. The largest absolute Gasteiger partial charge is 0.326 e. The highest BCUT2D eigenvalue weighted by molar-refractivity contribution is 6.31. The number of hydrogen-bond donors (Lipinski definition) is 1. The highest BCUT2D eigenvalue weighted by Gasteiger charge is 2.20. The maximum atomic E-state index is 6.38. The van der Waals surface area contributed by atoms with Crippen molar-refractivity contribution in [2.45, 2.75) is 58.2 Å². The Morgan fingerprint density at radius 2 is 2.16 bits per heavy atom. The van der Waals surface area contributed by atoms with Crippen molar-refractivity contribution in [1.29, 1.82) is 0 Å². The van der Waals surface area contributed by atoms with Gasteiger partial charge >= 0.3 is 0 Å². The number of likely N-dealkylation sites (tertiary alicyclic amines) is 1. The van der Waals surface area contributed by atoms with Crippen LogP contribution in [0, 0.1) is 0 Å². The lowest BCUT2D eigenvalue weighted by Gasteiger charge is -2.29. The van der Waals surface area contributed by atoms with Gasteiger partial charge in [-0.1, -0.05) is 43.5 Å². The molecule has 1 fully saturated rings. The zero-order valence-corrected chi connectivity index (χ0v) is 12.6. The van der Waals surface area contributed by atoms with Crippen molar-refractivity contribution in [2.24, 2.45) is 5.73 Å². The van der Waals surface area contributed by atoms with Gasteiger partial charge in [-0.05, 0) is 43.0 Å². The minimum atomic E-state index is 0.557. The summed E-state index contributed by atoms with van der Waals surface area (Å²) in [6, 6.07) is 6.96. The van der Waals surface area contributed by atoms with Gasteiger partial charge < -0.3 is 5.73 Å². The molecule has 1 aromatic carbocycles. The molecule has 1 aliphatic heterocycles. The van der Waals surface area contributed by atoms with Crippen LogP contribution in [0.1, 0.15) is 50.2 Å². The molecule has 1 aromatic rings. The van der Waals surface area contributed by atoms with Crippen LogP contribution in [-0.4, -0.2) is 17.5 Å². The van der Waals surface area contributed by atoms with Gasteiger partial charge in [-0.25, -0.2) is 0 Å². The molecule has 106 valence electrons. The molecule has 1 unspecified atom stereocenters. The topological polar surface area (TPSA) is 29.3 Å². The van der Waals surface area contributed by atoms with Gasteiger partial charge in [0.1, 0.15) is 0 Å². The Morgan fingerprint density at radius 1 is 1.32 bits per heavy atom. The Balaban J connectivity index is 2.09. The van der Waals surface area contributed by atoms with Gasteiger partial charge in [-0.3, -0.25) is 4.90 Å². The standard InChI is InChI=1S/C16H25ClN2/c1-2-15-6-4-3-5-9-19(15)12-14-8-7-13(11-18)10-16(14)17/h7-8,10,15H,2-6,9,11-12,18H2,1H3. The Bertz CT molecular complexity index is 406. The summed E-state index contributed by atoms with van der Waals surface area (Å²) in [4.78, 5) is 2.61. The van der Waals surface area contributed by atoms with Crippen LogP contribution in [0.4, 0.5) is 0 Å². The van der Waals surface area contributed by atoms with Gasteiger partial charge in [0.2, 0.25) is 0 Å². The van der Waals surface area contributed by atoms with E-state index >= 15 is 0 Å². The Hall–Kier alpha value is -0.570. The van der Waals surface area contributed by atoms with Crippen molar-refractivity contribution in [3.63, 3.8) is 0 Å². The second kappa shape index (κ2) is 7.28. The summed E-state index contributed by atoms with van der Waals surface area (Å²) >= 11 is 6.38. The number of nitrogens with zero attached hydrogens (tertiary/aromatic N) is 1. The summed E-state index contributed by atoms with van der Waals surface area (Å²) in [7, 11) is 0. The average Bonchev–Trinajstić information content (AvgIpc) is 2.66. The van der Waals surface area contributed by atoms with Crippen LogP contribution < -0.4 is 5.73 Å². The summed E-state index contributed by atoms with van der Waals surface area (Å²) in [6.07, 6.45) is 6.62. The van der Waals surface area contributed by atoms with Gasteiger partial charge in [-0.15, -0.1) is 0 Å². The molecular weight excluding hydrogens is 256 g/mol. The third kappa shape index (κ3) is 3.95. The predicted octanol–water partition coefficient (Wildman–Crippen LogP) is 3.95. The first-order valence-corrected chi connectivity index (χ1v) is 7.83. The van der Waals surface area contributed by atoms with E-state index in [1.165, 1.54) is 44.2 Å². The van der Waals surface area contributed by atoms with Gasteiger partial charge in [0.15, 0.2) is 0 Å². The van der Waals surface area contributed by atoms with Crippen LogP contribution in [0.15, 0.2) is 18.2 Å². The highest BCUT2D eigenvalue weighted by atomic mass is 35.5. The normalized spacial score (nSPS) is 21.3. The van der Waals surface area contributed by atoms with Crippen LogP contribution >= 0.6 is 11.6 Å². The zero-order valence-electron chi connectivity index (χ0n) is 11.9. The second-order valence-electron chi connectivity index (χ2n) is 5.51. The summed E-state index contributed by atoms with van der Waals surface area (Å²) in [5.74, 6) is 0. The Morgan fingerprint density at radius 3 is 2.84 bits per heavy atom. The SMILES string of the molecule is CCC1CCCCCN1Cc1ccc(CN)cc1Cl. The molecule has 2 nitrogen and oxygen atoms in total. The lowest BCUT2D eigenvalue weighted by atomic mass is 10.1. The van der Waals surface area contributed by atoms with Crippen molar-refractivity contribution >= 4 is 11.6 Å². The van der Waals surface area contributed by atoms with Crippen molar-refractivity contribution in [3.8, 4) is 0 Å². The number of halogens is 1. The van der Waals surface area contributed by atoms with E-state index in [0.29, 0.717) is 12.6 Å². The molecule has 1 heterocycles. The molecule has 2 N–H and O–H groups in total. The lowest BCUT2D eigenvalue weighted by Crippen LogP contribution is -2.33. The third-order valence-electron chi connectivity index (χ3n) is 4.20. The molecule has 0 amide bonds. The Kier molecular flexibility index (Phi) is 5.68. The van der Waals surface area contributed by atoms with Gasteiger partial charge in [0.25, 0.3) is 0 Å². The van der Waals surface area contributed by atoms with Crippen molar-refractivity contribution in [1.82, 2.24) is 4.90 Å². The van der Waals surface area contributed by atoms with Crippen LogP contribution in [0.25, 0.3) is 0 Å². The second-order valence-corrected chi connectivity index (χ2v) is 5.92. The Labute approximate surface area is 121 Å². The molecule has 0 aliphatic carbocycles. The van der Waals surface area contributed by atoms with Crippen molar-refractivity contribution in [2.75, 3.05) is 6.54 Å². The van der Waals surface area contributed by atoms with Crippen LogP contribution in [0.5, 0.6) is 0 Å². The first-order valence-electron chi connectivity index (χ1n) is 7.46. The average molecular weight is 281 g/mol. The molecule has 0 bridgehead atoms. The van der Waals surface area contributed by atoms with E-state index in [2.05, 4.69) is 24.0 Å². The quantitative estimate of drug-likeness (QED) is 0.905. The lowest BCUT2D eigenvalue weighted by molar-refractivity contribution is 0.186. The van der Waals surface area contributed by atoms with Crippen LogP contribution in [0.2, 0.25) is 5.02 Å². The van der Waals surface area contributed by atoms with E-state index in [1.807, 2.05) is 6.07 Å². The van der Waals surface area contributed by atoms with Gasteiger partial charge in [0, 0.05) is 24.2 Å². The maximum Gasteiger partial charge on any atom is 0.0454 e. The molecule has 3 heteroatoms. The minimum absolute atomic E-state index is 0.557. The number of benzene rings is 1. The smallest absolute Gasteiger partial charge is 0.0454 e. The van der Waals surface area contributed by atoms with E-state index in [1.54, 1.807) is 0 Å². The van der Waals surface area contributed by atoms with Crippen LogP contribution in [0.3, 0.4) is 0 Å². The fourth-order valence-electron chi connectivity index (χ4n) is 2.97. The van der Waals surface area contributed by atoms with Crippen molar-refractivity contribution < 1.29 is 0 Å².